The monoisotopic (exact) mass is 429 g/mol. The highest BCUT2D eigenvalue weighted by atomic mass is 16.3. The van der Waals surface area contributed by atoms with Gasteiger partial charge in [-0.3, -0.25) is 0 Å². The van der Waals surface area contributed by atoms with Crippen LogP contribution in [-0.2, 0) is 0 Å². The van der Waals surface area contributed by atoms with Crippen LogP contribution in [0.25, 0.3) is 0 Å². The predicted octanol–water partition coefficient (Wildman–Crippen LogP) is 5.58. The first kappa shape index (κ1) is 26.2. The summed E-state index contributed by atoms with van der Waals surface area (Å²) in [6.07, 6.45) is 15.9. The minimum Gasteiger partial charge on any atom is -0.392 e. The van der Waals surface area contributed by atoms with Crippen LogP contribution in [0.5, 0.6) is 0 Å². The molecule has 2 fully saturated rings. The summed E-state index contributed by atoms with van der Waals surface area (Å²) in [5.74, 6) is 7.42. The van der Waals surface area contributed by atoms with Gasteiger partial charge in [0.25, 0.3) is 0 Å². The Morgan fingerprint density at radius 3 is 2.55 bits per heavy atom. The maximum atomic E-state index is 10.6. The lowest BCUT2D eigenvalue weighted by atomic mass is 9.89. The maximum absolute atomic E-state index is 10.6. The molecular weight excluding hydrogens is 382 g/mol. The third-order valence-corrected chi connectivity index (χ3v) is 7.27. The Bertz CT molecular complexity index is 623. The van der Waals surface area contributed by atoms with Crippen LogP contribution in [0.2, 0.25) is 0 Å². The minimum atomic E-state index is -0.483. The molecule has 0 heterocycles. The van der Waals surface area contributed by atoms with Crippen molar-refractivity contribution in [2.45, 2.75) is 97.7 Å². The summed E-state index contributed by atoms with van der Waals surface area (Å²) in [4.78, 5) is 2.61. The van der Waals surface area contributed by atoms with Gasteiger partial charge in [-0.1, -0.05) is 44.6 Å². The number of hydrogen-bond donors (Lipinski definition) is 2. The second-order valence-corrected chi connectivity index (χ2v) is 9.90. The summed E-state index contributed by atoms with van der Waals surface area (Å²) in [5.41, 5.74) is 1.60. The third kappa shape index (κ3) is 8.41. The van der Waals surface area contributed by atoms with E-state index in [1.54, 1.807) is 5.57 Å². The van der Waals surface area contributed by atoms with Crippen LogP contribution >= 0.6 is 0 Å². The van der Waals surface area contributed by atoms with Gasteiger partial charge in [-0.25, -0.2) is 0 Å². The average Bonchev–Trinajstić information content (AvgIpc) is 3.26. The molecule has 0 spiro atoms. The highest BCUT2D eigenvalue weighted by molar-refractivity contribution is 5.18. The molecule has 2 saturated carbocycles. The van der Waals surface area contributed by atoms with Gasteiger partial charge in [0.2, 0.25) is 0 Å². The molecule has 0 aromatic heterocycles. The standard InChI is InChI=1S/C28H47NO2/c1-5-8-12-22(4)27(30)15-14-25-26-20-23(19-24(26)21-28(25)31)13-10-9-11-18-29(16-6-2)17-7-3/h13-15,22,24-28,30-31H,6-7,9-12,16-21H2,1-4H3/t22-,24+,25-,26+,27-,28-/m1/s1. The Balaban J connectivity index is 1.78. The quantitative estimate of drug-likeness (QED) is 0.228. The maximum Gasteiger partial charge on any atom is 0.0755 e. The molecular formula is C28H47NO2. The fourth-order valence-corrected chi connectivity index (χ4v) is 5.51. The molecule has 31 heavy (non-hydrogen) atoms. The van der Waals surface area contributed by atoms with Crippen molar-refractivity contribution in [2.75, 3.05) is 19.6 Å². The van der Waals surface area contributed by atoms with Gasteiger partial charge in [0.15, 0.2) is 0 Å². The summed E-state index contributed by atoms with van der Waals surface area (Å²) in [7, 11) is 0. The Kier molecular flexibility index (Phi) is 11.9. The molecule has 0 unspecified atom stereocenters. The van der Waals surface area contributed by atoms with E-state index in [0.717, 1.165) is 19.3 Å². The van der Waals surface area contributed by atoms with Gasteiger partial charge in [-0.15, -0.1) is 11.8 Å². The summed E-state index contributed by atoms with van der Waals surface area (Å²) in [5, 5.41) is 21.0. The van der Waals surface area contributed by atoms with Gasteiger partial charge in [-0.2, -0.15) is 0 Å². The van der Waals surface area contributed by atoms with E-state index < -0.39 is 6.10 Å². The molecule has 0 aromatic carbocycles. The lowest BCUT2D eigenvalue weighted by molar-refractivity contribution is 0.137. The molecule has 3 nitrogen and oxygen atoms in total. The molecule has 0 saturated heterocycles. The first-order valence-corrected chi connectivity index (χ1v) is 12.8. The van der Waals surface area contributed by atoms with Gasteiger partial charge in [0.1, 0.15) is 0 Å². The van der Waals surface area contributed by atoms with E-state index in [1.807, 2.05) is 19.9 Å². The van der Waals surface area contributed by atoms with Crippen LogP contribution in [0.1, 0.15) is 85.5 Å². The summed E-state index contributed by atoms with van der Waals surface area (Å²) in [6.45, 7) is 12.1. The van der Waals surface area contributed by atoms with Gasteiger partial charge in [0, 0.05) is 12.3 Å². The molecule has 0 amide bonds. The fraction of sp³-hybridized carbons (Fsp3) is 0.786. The molecule has 6 atom stereocenters. The van der Waals surface area contributed by atoms with E-state index >= 15 is 0 Å². The lowest BCUT2D eigenvalue weighted by Crippen LogP contribution is -2.26. The highest BCUT2D eigenvalue weighted by Crippen LogP contribution is 2.50. The van der Waals surface area contributed by atoms with Gasteiger partial charge in [0.05, 0.1) is 12.2 Å². The molecule has 2 aliphatic carbocycles. The van der Waals surface area contributed by atoms with E-state index in [-0.39, 0.29) is 17.9 Å². The van der Waals surface area contributed by atoms with Gasteiger partial charge < -0.3 is 15.1 Å². The van der Waals surface area contributed by atoms with Crippen LogP contribution in [-0.4, -0.2) is 47.0 Å². The van der Waals surface area contributed by atoms with Crippen molar-refractivity contribution in [1.82, 2.24) is 4.90 Å². The summed E-state index contributed by atoms with van der Waals surface area (Å²) >= 11 is 0. The van der Waals surface area contributed by atoms with Crippen LogP contribution in [0.15, 0.2) is 23.8 Å². The Morgan fingerprint density at radius 1 is 1.13 bits per heavy atom. The largest absolute Gasteiger partial charge is 0.392 e. The molecule has 0 radical (unpaired) electrons. The minimum absolute atomic E-state index is 0.127. The predicted molar refractivity (Wildman–Crippen MR) is 132 cm³/mol. The van der Waals surface area contributed by atoms with E-state index in [9.17, 15) is 10.2 Å². The molecule has 2 aliphatic rings. The average molecular weight is 430 g/mol. The SMILES string of the molecule is CC#CC[C@@H](C)[C@H](O)C=C[C@@H]1[C@H]2CC(=CCCCCN(CCC)CCC)C[C@H]2C[C@H]1O. The number of rotatable bonds is 13. The second-order valence-electron chi connectivity index (χ2n) is 9.90. The molecule has 3 heteroatoms. The van der Waals surface area contributed by atoms with E-state index in [0.29, 0.717) is 18.3 Å². The molecule has 0 aliphatic heterocycles. The number of nitrogens with zero attached hydrogens (tertiary/aromatic N) is 1. The lowest BCUT2D eigenvalue weighted by Gasteiger charge is -2.20. The van der Waals surface area contributed by atoms with Crippen molar-refractivity contribution in [1.29, 1.82) is 0 Å². The van der Waals surface area contributed by atoms with Gasteiger partial charge in [-0.05, 0) is 95.7 Å². The number of aliphatic hydroxyl groups is 2. The van der Waals surface area contributed by atoms with Crippen molar-refractivity contribution in [2.24, 2.45) is 23.7 Å². The number of aliphatic hydroxyl groups excluding tert-OH is 2. The highest BCUT2D eigenvalue weighted by Gasteiger charge is 2.44. The number of unbranched alkanes of at least 4 members (excludes halogenated alkanes) is 2. The smallest absolute Gasteiger partial charge is 0.0755 e. The fourth-order valence-electron chi connectivity index (χ4n) is 5.51. The van der Waals surface area contributed by atoms with Gasteiger partial charge >= 0.3 is 0 Å². The first-order chi connectivity index (χ1) is 15.0. The topological polar surface area (TPSA) is 43.7 Å². The van der Waals surface area contributed by atoms with E-state index in [1.165, 1.54) is 51.7 Å². The first-order valence-electron chi connectivity index (χ1n) is 12.8. The van der Waals surface area contributed by atoms with Crippen molar-refractivity contribution in [3.63, 3.8) is 0 Å². The van der Waals surface area contributed by atoms with Crippen molar-refractivity contribution < 1.29 is 10.2 Å². The van der Waals surface area contributed by atoms with Crippen LogP contribution < -0.4 is 0 Å². The molecule has 0 bridgehead atoms. The van der Waals surface area contributed by atoms with E-state index in [4.69, 9.17) is 0 Å². The summed E-state index contributed by atoms with van der Waals surface area (Å²) < 4.78 is 0. The Hall–Kier alpha value is -1.08. The van der Waals surface area contributed by atoms with Crippen molar-refractivity contribution in [3.8, 4) is 11.8 Å². The number of hydrogen-bond acceptors (Lipinski definition) is 3. The molecule has 0 aromatic rings. The zero-order valence-electron chi connectivity index (χ0n) is 20.5. The number of allylic oxidation sites excluding steroid dienone is 2. The van der Waals surface area contributed by atoms with Crippen LogP contribution in [0.3, 0.4) is 0 Å². The molecule has 2 N–H and O–H groups in total. The number of fused-ring (bicyclic) bond motifs is 1. The molecule has 2 rings (SSSR count). The normalized spacial score (nSPS) is 28.8. The van der Waals surface area contributed by atoms with Crippen LogP contribution in [0.4, 0.5) is 0 Å². The Labute approximate surface area is 192 Å². The third-order valence-electron chi connectivity index (χ3n) is 7.27. The van der Waals surface area contributed by atoms with Crippen molar-refractivity contribution >= 4 is 0 Å². The zero-order chi connectivity index (χ0) is 22.6. The molecule has 176 valence electrons. The van der Waals surface area contributed by atoms with Crippen molar-refractivity contribution in [3.05, 3.63) is 23.8 Å². The Morgan fingerprint density at radius 2 is 1.87 bits per heavy atom. The van der Waals surface area contributed by atoms with Crippen LogP contribution in [0, 0.1) is 35.5 Å². The second kappa shape index (κ2) is 14.1. The zero-order valence-corrected chi connectivity index (χ0v) is 20.5. The van der Waals surface area contributed by atoms with E-state index in [2.05, 4.69) is 42.7 Å². The summed E-state index contributed by atoms with van der Waals surface area (Å²) in [6, 6.07) is 0.